The molecule has 9 heteroatoms. The van der Waals surface area contributed by atoms with Crippen LogP contribution < -0.4 is 9.47 Å². The Balaban J connectivity index is 1.21. The smallest absolute Gasteiger partial charge is 0.310 e. The van der Waals surface area contributed by atoms with Crippen LogP contribution in [0.5, 0.6) is 28.7 Å². The number of esters is 2. The lowest BCUT2D eigenvalue weighted by Gasteiger charge is -2.64. The van der Waals surface area contributed by atoms with Crippen LogP contribution in [0.1, 0.15) is 77.8 Å². The van der Waals surface area contributed by atoms with Gasteiger partial charge in [-0.1, -0.05) is 66.7 Å². The molecule has 59 heavy (non-hydrogen) atoms. The molecular formula is C50H50O9. The van der Waals surface area contributed by atoms with Crippen LogP contribution in [0.3, 0.4) is 0 Å². The van der Waals surface area contributed by atoms with Crippen molar-refractivity contribution in [2.24, 2.45) is 23.2 Å². The summed E-state index contributed by atoms with van der Waals surface area (Å²) < 4.78 is 24.3. The van der Waals surface area contributed by atoms with E-state index in [0.29, 0.717) is 30.8 Å². The lowest BCUT2D eigenvalue weighted by atomic mass is 9.40. The Morgan fingerprint density at radius 2 is 1.49 bits per heavy atom. The number of methoxy groups -OCH3 is 2. The van der Waals surface area contributed by atoms with E-state index in [4.69, 9.17) is 18.9 Å². The van der Waals surface area contributed by atoms with Gasteiger partial charge in [0.15, 0.2) is 23.0 Å². The molecule has 5 aromatic carbocycles. The second kappa shape index (κ2) is 15.3. The number of rotatable bonds is 8. The predicted molar refractivity (Wildman–Crippen MR) is 224 cm³/mol. The van der Waals surface area contributed by atoms with Gasteiger partial charge in [0.05, 0.1) is 20.6 Å². The van der Waals surface area contributed by atoms with Crippen LogP contribution in [0, 0.1) is 23.2 Å². The van der Waals surface area contributed by atoms with Crippen LogP contribution in [0.25, 0.3) is 16.8 Å². The molecule has 2 fully saturated rings. The summed E-state index contributed by atoms with van der Waals surface area (Å²) in [5, 5.41) is 34.1. The third-order valence-corrected chi connectivity index (χ3v) is 13.8. The third-order valence-electron chi connectivity index (χ3n) is 13.8. The molecule has 0 bridgehead atoms. The molecule has 9 nitrogen and oxygen atoms in total. The van der Waals surface area contributed by atoms with Crippen LogP contribution in [0.4, 0.5) is 0 Å². The van der Waals surface area contributed by atoms with Crippen molar-refractivity contribution < 1.29 is 43.9 Å². The second-order valence-electron chi connectivity index (χ2n) is 17.0. The van der Waals surface area contributed by atoms with Gasteiger partial charge >= 0.3 is 11.9 Å². The number of hydrogen-bond acceptors (Lipinski definition) is 9. The number of hydrogen-bond donors (Lipinski definition) is 3. The van der Waals surface area contributed by atoms with E-state index in [1.165, 1.54) is 6.92 Å². The predicted octanol–water partition coefficient (Wildman–Crippen LogP) is 9.18. The van der Waals surface area contributed by atoms with Crippen molar-refractivity contribution in [3.05, 3.63) is 130 Å². The van der Waals surface area contributed by atoms with Gasteiger partial charge < -0.3 is 34.3 Å². The SMILES string of the molecule is COc1cc2c(cc1O)[C@@H]1CC[C@@H]3Cc4cc(O)c(OC)cc4[C@H]4C[C@H](OC(=O)Cc5ccc6cc(O)ccc6c5)C[C@@H](OC(C)=O)[C@@H](C2)[C@]1(/C=C/c1ccccc1)[C@H]34. The first-order chi connectivity index (χ1) is 28.5. The van der Waals surface area contributed by atoms with Crippen LogP contribution in [-0.2, 0) is 38.3 Å². The number of ether oxygens (including phenoxy) is 4. The fraction of sp³-hybridized carbons (Fsp3) is 0.360. The van der Waals surface area contributed by atoms with E-state index in [1.54, 1.807) is 26.4 Å². The van der Waals surface area contributed by atoms with Gasteiger partial charge in [-0.05, 0) is 136 Å². The molecule has 9 rings (SSSR count). The third kappa shape index (κ3) is 6.94. The Morgan fingerprint density at radius 3 is 2.27 bits per heavy atom. The molecule has 0 amide bonds. The summed E-state index contributed by atoms with van der Waals surface area (Å²) >= 11 is 0. The summed E-state index contributed by atoms with van der Waals surface area (Å²) in [6, 6.07) is 28.8. The average Bonchev–Trinajstić information content (AvgIpc) is 3.21. The second-order valence-corrected chi connectivity index (χ2v) is 17.0. The Hall–Kier alpha value is -5.96. The minimum Gasteiger partial charge on any atom is -0.508 e. The van der Waals surface area contributed by atoms with E-state index in [9.17, 15) is 24.9 Å². The maximum atomic E-state index is 14.1. The highest BCUT2D eigenvalue weighted by molar-refractivity contribution is 5.85. The van der Waals surface area contributed by atoms with Crippen LogP contribution >= 0.6 is 0 Å². The van der Waals surface area contributed by atoms with Gasteiger partial charge in [-0.2, -0.15) is 0 Å². The zero-order chi connectivity index (χ0) is 41.0. The number of phenols is 3. The molecule has 0 radical (unpaired) electrons. The lowest BCUT2D eigenvalue weighted by molar-refractivity contribution is -0.169. The molecule has 0 aliphatic heterocycles. The van der Waals surface area contributed by atoms with Gasteiger partial charge in [-0.25, -0.2) is 0 Å². The van der Waals surface area contributed by atoms with Gasteiger partial charge in [0, 0.05) is 24.7 Å². The summed E-state index contributed by atoms with van der Waals surface area (Å²) in [5.41, 5.74) is 5.55. The quantitative estimate of drug-likeness (QED) is 0.132. The van der Waals surface area contributed by atoms with Crippen LogP contribution in [-0.4, -0.2) is 53.7 Å². The van der Waals surface area contributed by atoms with Gasteiger partial charge in [0.2, 0.25) is 0 Å². The van der Waals surface area contributed by atoms with Gasteiger partial charge in [0.1, 0.15) is 18.0 Å². The van der Waals surface area contributed by atoms with E-state index >= 15 is 0 Å². The van der Waals surface area contributed by atoms with Crippen molar-refractivity contribution in [3.63, 3.8) is 0 Å². The van der Waals surface area contributed by atoms with Crippen molar-refractivity contribution in [2.75, 3.05) is 14.2 Å². The van der Waals surface area contributed by atoms with Crippen molar-refractivity contribution in [1.29, 1.82) is 0 Å². The molecule has 4 aliphatic rings. The maximum Gasteiger partial charge on any atom is 0.310 e. The highest BCUT2D eigenvalue weighted by atomic mass is 16.6. The molecule has 0 heterocycles. The standard InChI is InChI=1S/C50H50O9/c1-28(51)58-45-25-37(59-48(55)18-30-9-10-32-20-36(52)13-11-31(32)17-30)24-40-38-27-47(57-3)43(53)22-34(38)19-33-12-14-41-39-26-44(54)46(56-2)23-35(39)21-42(45)50(41,49(33)40)16-15-29-7-5-4-6-8-29/h4-11,13,15-17,20,22-23,26-27,33,37,40-42,45,49,52-54H,12,14,18-19,21,24-25H2,1-3H3/b16-15+/t33-,37+,40-,41+,42-,45-,49-,50-/m1/s1. The number of allylic oxidation sites excluding steroid dienone is 1. The molecule has 8 atom stereocenters. The van der Waals surface area contributed by atoms with Crippen LogP contribution in [0.15, 0.2) is 97.1 Å². The number of fused-ring (bicyclic) bond motifs is 5. The Labute approximate surface area is 344 Å². The highest BCUT2D eigenvalue weighted by Crippen LogP contribution is 2.69. The summed E-state index contributed by atoms with van der Waals surface area (Å²) in [4.78, 5) is 27.3. The molecule has 2 saturated carbocycles. The zero-order valence-corrected chi connectivity index (χ0v) is 33.6. The molecule has 3 N–H and O–H groups in total. The molecule has 0 unspecified atom stereocenters. The van der Waals surface area contributed by atoms with Crippen LogP contribution in [0.2, 0.25) is 0 Å². The number of benzene rings is 5. The Kier molecular flexibility index (Phi) is 10.0. The van der Waals surface area contributed by atoms with E-state index in [2.05, 4.69) is 24.3 Å². The molecule has 5 aromatic rings. The van der Waals surface area contributed by atoms with Crippen molar-refractivity contribution in [2.45, 2.75) is 75.9 Å². The molecule has 0 aromatic heterocycles. The largest absolute Gasteiger partial charge is 0.508 e. The van der Waals surface area contributed by atoms with E-state index in [1.807, 2.05) is 66.7 Å². The van der Waals surface area contributed by atoms with E-state index in [-0.39, 0.29) is 59.2 Å². The minimum atomic E-state index is -0.607. The van der Waals surface area contributed by atoms with E-state index < -0.39 is 23.6 Å². The Morgan fingerprint density at radius 1 is 0.763 bits per heavy atom. The fourth-order valence-electron chi connectivity index (χ4n) is 11.7. The summed E-state index contributed by atoms with van der Waals surface area (Å²) in [5.74, 6) is 0.193. The summed E-state index contributed by atoms with van der Waals surface area (Å²) in [7, 11) is 3.11. The number of aromatic hydroxyl groups is 3. The fourth-order valence-corrected chi connectivity index (χ4v) is 11.7. The molecular weight excluding hydrogens is 745 g/mol. The highest BCUT2D eigenvalue weighted by Gasteiger charge is 2.63. The first-order valence-corrected chi connectivity index (χ1v) is 20.7. The topological polar surface area (TPSA) is 132 Å². The van der Waals surface area contributed by atoms with Crippen molar-refractivity contribution >= 4 is 28.8 Å². The summed E-state index contributed by atoms with van der Waals surface area (Å²) in [6.45, 7) is 1.45. The normalized spacial score (nSPS) is 26.7. The zero-order valence-electron chi connectivity index (χ0n) is 33.6. The maximum absolute atomic E-state index is 14.1. The first kappa shape index (κ1) is 38.6. The molecule has 304 valence electrons. The van der Waals surface area contributed by atoms with Gasteiger partial charge in [0.25, 0.3) is 0 Å². The van der Waals surface area contributed by atoms with Gasteiger partial charge in [-0.15, -0.1) is 0 Å². The number of carbonyl (C=O) groups is 2. The molecule has 4 aliphatic carbocycles. The Bertz CT molecular complexity index is 2460. The average molecular weight is 795 g/mol. The molecule has 0 saturated heterocycles. The number of carbonyl (C=O) groups excluding carboxylic acids is 2. The minimum absolute atomic E-state index is 0.00168. The summed E-state index contributed by atoms with van der Waals surface area (Å²) in [6.07, 6.45) is 7.27. The first-order valence-electron chi connectivity index (χ1n) is 20.7. The van der Waals surface area contributed by atoms with E-state index in [0.717, 1.165) is 63.4 Å². The van der Waals surface area contributed by atoms with Crippen molar-refractivity contribution in [1.82, 2.24) is 0 Å². The molecule has 0 spiro atoms. The monoisotopic (exact) mass is 794 g/mol. The van der Waals surface area contributed by atoms with Crippen molar-refractivity contribution in [3.8, 4) is 28.7 Å². The van der Waals surface area contributed by atoms with Gasteiger partial charge in [-0.3, -0.25) is 9.59 Å². The number of phenolic OH excluding ortho intramolecular Hbond substituents is 3. The lowest BCUT2D eigenvalue weighted by Crippen LogP contribution is -2.59.